The van der Waals surface area contributed by atoms with Crippen LogP contribution in [0, 0.1) is 0 Å². The normalized spacial score (nSPS) is 23.9. The first-order valence-corrected chi connectivity index (χ1v) is 6.73. The summed E-state index contributed by atoms with van der Waals surface area (Å²) >= 11 is 0. The maximum absolute atomic E-state index is 5.60. The van der Waals surface area contributed by atoms with Gasteiger partial charge in [0, 0.05) is 6.04 Å². The van der Waals surface area contributed by atoms with Crippen molar-refractivity contribution in [1.82, 2.24) is 5.32 Å². The van der Waals surface area contributed by atoms with Crippen molar-refractivity contribution < 1.29 is 4.74 Å². The summed E-state index contributed by atoms with van der Waals surface area (Å²) in [5, 5.41) is 3.38. The molecule has 0 radical (unpaired) electrons. The summed E-state index contributed by atoms with van der Waals surface area (Å²) in [5.41, 5.74) is 1.46. The molecule has 2 unspecified atom stereocenters. The van der Waals surface area contributed by atoms with Crippen LogP contribution in [-0.4, -0.2) is 19.7 Å². The molecule has 0 aliphatic heterocycles. The first kappa shape index (κ1) is 12.4. The predicted molar refractivity (Wildman–Crippen MR) is 71.7 cm³/mol. The lowest BCUT2D eigenvalue weighted by Gasteiger charge is -2.12. The minimum atomic E-state index is 0.705. The van der Waals surface area contributed by atoms with Gasteiger partial charge in [-0.25, -0.2) is 0 Å². The van der Waals surface area contributed by atoms with Crippen molar-refractivity contribution in [3.05, 3.63) is 29.8 Å². The highest BCUT2D eigenvalue weighted by Crippen LogP contribution is 2.34. The van der Waals surface area contributed by atoms with Crippen LogP contribution in [0.3, 0.4) is 0 Å². The summed E-state index contributed by atoms with van der Waals surface area (Å²) in [6.45, 7) is 2.94. The van der Waals surface area contributed by atoms with E-state index in [9.17, 15) is 0 Å². The van der Waals surface area contributed by atoms with Gasteiger partial charge in [0.05, 0.1) is 6.61 Å². The fraction of sp³-hybridized carbons (Fsp3) is 0.600. The Balaban J connectivity index is 1.94. The number of hydrogen-bond donors (Lipinski definition) is 1. The van der Waals surface area contributed by atoms with E-state index in [1.807, 2.05) is 0 Å². The topological polar surface area (TPSA) is 21.3 Å². The number of rotatable bonds is 5. The molecule has 0 amide bonds. The van der Waals surface area contributed by atoms with Crippen LogP contribution in [0.5, 0.6) is 5.75 Å². The highest BCUT2D eigenvalue weighted by Gasteiger charge is 2.24. The molecule has 1 saturated carbocycles. The molecule has 0 bridgehead atoms. The molecule has 17 heavy (non-hydrogen) atoms. The Morgan fingerprint density at radius 2 is 2.00 bits per heavy atom. The zero-order chi connectivity index (χ0) is 12.1. The molecular formula is C15H23NO. The zero-order valence-electron chi connectivity index (χ0n) is 10.9. The molecule has 2 atom stereocenters. The largest absolute Gasteiger partial charge is 0.494 e. The molecule has 2 heteroatoms. The van der Waals surface area contributed by atoms with Crippen molar-refractivity contribution in [1.29, 1.82) is 0 Å². The van der Waals surface area contributed by atoms with Crippen molar-refractivity contribution >= 4 is 0 Å². The molecule has 0 saturated heterocycles. The molecular weight excluding hydrogens is 210 g/mol. The van der Waals surface area contributed by atoms with Crippen molar-refractivity contribution in [2.75, 3.05) is 13.7 Å². The smallest absolute Gasteiger partial charge is 0.119 e. The Kier molecular flexibility index (Phi) is 4.43. The third kappa shape index (κ3) is 3.22. The Morgan fingerprint density at radius 1 is 1.24 bits per heavy atom. The van der Waals surface area contributed by atoms with Gasteiger partial charge in [-0.1, -0.05) is 19.1 Å². The van der Waals surface area contributed by atoms with Gasteiger partial charge in [-0.2, -0.15) is 0 Å². The van der Waals surface area contributed by atoms with Crippen molar-refractivity contribution in [3.63, 3.8) is 0 Å². The summed E-state index contributed by atoms with van der Waals surface area (Å²) in [4.78, 5) is 0. The average Bonchev–Trinajstić information content (AvgIpc) is 2.86. The fourth-order valence-electron chi connectivity index (χ4n) is 2.60. The van der Waals surface area contributed by atoms with E-state index in [4.69, 9.17) is 4.74 Å². The van der Waals surface area contributed by atoms with Gasteiger partial charge in [0.2, 0.25) is 0 Å². The average molecular weight is 233 g/mol. The molecule has 0 aromatic heterocycles. The molecule has 1 aromatic carbocycles. The highest BCUT2D eigenvalue weighted by atomic mass is 16.5. The van der Waals surface area contributed by atoms with E-state index in [-0.39, 0.29) is 0 Å². The molecule has 94 valence electrons. The number of benzene rings is 1. The van der Waals surface area contributed by atoms with Crippen LogP contribution in [0.1, 0.15) is 44.1 Å². The van der Waals surface area contributed by atoms with Crippen molar-refractivity contribution in [3.8, 4) is 5.75 Å². The maximum Gasteiger partial charge on any atom is 0.119 e. The number of nitrogens with one attached hydrogen (secondary N) is 1. The Morgan fingerprint density at radius 3 is 2.59 bits per heavy atom. The SMILES string of the molecule is CCCOc1ccc(C2CCC(NC)C2)cc1. The molecule has 0 spiro atoms. The Hall–Kier alpha value is -1.02. The van der Waals surface area contributed by atoms with Gasteiger partial charge in [-0.05, 0) is 56.3 Å². The molecule has 1 aromatic rings. The van der Waals surface area contributed by atoms with E-state index < -0.39 is 0 Å². The predicted octanol–water partition coefficient (Wildman–Crippen LogP) is 3.33. The summed E-state index contributed by atoms with van der Waals surface area (Å²) < 4.78 is 5.60. The lowest BCUT2D eigenvalue weighted by molar-refractivity contribution is 0.317. The van der Waals surface area contributed by atoms with Crippen LogP contribution < -0.4 is 10.1 Å². The van der Waals surface area contributed by atoms with Gasteiger partial charge < -0.3 is 10.1 Å². The first-order valence-electron chi connectivity index (χ1n) is 6.73. The molecule has 1 fully saturated rings. The molecule has 1 aliphatic carbocycles. The minimum absolute atomic E-state index is 0.705. The lowest BCUT2D eigenvalue weighted by Crippen LogP contribution is -2.21. The monoisotopic (exact) mass is 233 g/mol. The second-order valence-electron chi connectivity index (χ2n) is 4.91. The van der Waals surface area contributed by atoms with E-state index in [1.54, 1.807) is 0 Å². The summed E-state index contributed by atoms with van der Waals surface area (Å²) in [6.07, 6.45) is 4.94. The Bertz CT molecular complexity index is 333. The highest BCUT2D eigenvalue weighted by molar-refractivity contribution is 5.30. The summed E-state index contributed by atoms with van der Waals surface area (Å²) in [5.74, 6) is 1.73. The van der Waals surface area contributed by atoms with Crippen LogP contribution in [0.25, 0.3) is 0 Å². The third-order valence-corrected chi connectivity index (χ3v) is 3.67. The van der Waals surface area contributed by atoms with Crippen LogP contribution >= 0.6 is 0 Å². The van der Waals surface area contributed by atoms with E-state index >= 15 is 0 Å². The van der Waals surface area contributed by atoms with Crippen molar-refractivity contribution in [2.24, 2.45) is 0 Å². The molecule has 1 aliphatic rings. The van der Waals surface area contributed by atoms with Crippen molar-refractivity contribution in [2.45, 2.75) is 44.6 Å². The summed E-state index contributed by atoms with van der Waals surface area (Å²) in [7, 11) is 2.06. The molecule has 0 heterocycles. The number of ether oxygens (including phenoxy) is 1. The molecule has 2 rings (SSSR count). The van der Waals surface area contributed by atoms with Gasteiger partial charge in [0.25, 0.3) is 0 Å². The lowest BCUT2D eigenvalue weighted by atomic mass is 9.97. The van der Waals surface area contributed by atoms with Crippen LogP contribution in [-0.2, 0) is 0 Å². The molecule has 2 nitrogen and oxygen atoms in total. The zero-order valence-corrected chi connectivity index (χ0v) is 10.9. The second-order valence-corrected chi connectivity index (χ2v) is 4.91. The number of hydrogen-bond acceptors (Lipinski definition) is 2. The second kappa shape index (κ2) is 6.06. The first-order chi connectivity index (χ1) is 8.33. The van der Waals surface area contributed by atoms with E-state index in [1.165, 1.54) is 24.8 Å². The van der Waals surface area contributed by atoms with Crippen LogP contribution in [0.15, 0.2) is 24.3 Å². The summed E-state index contributed by atoms with van der Waals surface area (Å²) in [6, 6.07) is 9.38. The van der Waals surface area contributed by atoms with E-state index in [0.717, 1.165) is 24.7 Å². The van der Waals surface area contributed by atoms with E-state index in [2.05, 4.69) is 43.6 Å². The minimum Gasteiger partial charge on any atom is -0.494 e. The van der Waals surface area contributed by atoms with Crippen LogP contribution in [0.4, 0.5) is 0 Å². The van der Waals surface area contributed by atoms with Crippen LogP contribution in [0.2, 0.25) is 0 Å². The molecule has 1 N–H and O–H groups in total. The maximum atomic E-state index is 5.60. The quantitative estimate of drug-likeness (QED) is 0.842. The van der Waals surface area contributed by atoms with E-state index in [0.29, 0.717) is 6.04 Å². The Labute approximate surface area is 104 Å². The standard InChI is InChI=1S/C15H23NO/c1-3-10-17-15-8-5-12(6-9-15)13-4-7-14(11-13)16-2/h5-6,8-9,13-14,16H,3-4,7,10-11H2,1-2H3. The van der Waals surface area contributed by atoms with Gasteiger partial charge >= 0.3 is 0 Å². The fourth-order valence-corrected chi connectivity index (χ4v) is 2.60. The van der Waals surface area contributed by atoms with Gasteiger partial charge in [0.1, 0.15) is 5.75 Å². The van der Waals surface area contributed by atoms with Gasteiger partial charge in [0.15, 0.2) is 0 Å². The van der Waals surface area contributed by atoms with Gasteiger partial charge in [-0.15, -0.1) is 0 Å². The van der Waals surface area contributed by atoms with Gasteiger partial charge in [-0.3, -0.25) is 0 Å². The third-order valence-electron chi connectivity index (χ3n) is 3.67.